The molecule has 0 fully saturated rings. The Morgan fingerprint density at radius 2 is 0.620 bits per heavy atom. The van der Waals surface area contributed by atoms with Crippen LogP contribution < -0.4 is 0 Å². The molecule has 0 spiro atoms. The number of nitrogens with zero attached hydrogens (tertiary/aromatic N) is 11. The summed E-state index contributed by atoms with van der Waals surface area (Å²) in [6.07, 6.45) is 0. The van der Waals surface area contributed by atoms with Crippen LogP contribution in [0.4, 0.5) is 0 Å². The van der Waals surface area contributed by atoms with Gasteiger partial charge < -0.3 is 4.57 Å². The molecule has 0 unspecified atom stereocenters. The number of fused-ring (bicyclic) bond motifs is 3. The number of aromatic nitrogens is 11. The van der Waals surface area contributed by atoms with Crippen LogP contribution in [0.5, 0.6) is 0 Å². The van der Waals surface area contributed by atoms with Crippen molar-refractivity contribution in [1.29, 1.82) is 0 Å². The van der Waals surface area contributed by atoms with Gasteiger partial charge in [0.15, 0.2) is 23.3 Å². The highest BCUT2D eigenvalue weighted by Crippen LogP contribution is 2.41. The highest BCUT2D eigenvalue weighted by molar-refractivity contribution is 6.11. The van der Waals surface area contributed by atoms with E-state index in [4.69, 9.17) is 39.9 Å². The quantitative estimate of drug-likeness (QED) is 0.138. The van der Waals surface area contributed by atoms with Crippen molar-refractivity contribution in [2.75, 3.05) is 0 Å². The normalized spacial score (nSPS) is 11.4. The van der Waals surface area contributed by atoms with Gasteiger partial charge in [0, 0.05) is 55.3 Å². The minimum atomic E-state index is 0.539. The number of benzene rings is 7. The third-order valence-electron chi connectivity index (χ3n) is 12.5. The monoisotopic (exact) mass is 917 g/mol. The van der Waals surface area contributed by atoms with Crippen molar-refractivity contribution in [3.63, 3.8) is 0 Å². The Kier molecular flexibility index (Phi) is 10.8. The summed E-state index contributed by atoms with van der Waals surface area (Å²) in [6, 6.07) is 64.2. The first-order valence-corrected chi connectivity index (χ1v) is 23.4. The molecule has 0 atom stereocenters. The van der Waals surface area contributed by atoms with Crippen molar-refractivity contribution in [3.8, 4) is 96.3 Å². The molecule has 0 N–H and O–H groups in total. The van der Waals surface area contributed by atoms with E-state index in [0.717, 1.165) is 94.8 Å². The first kappa shape index (κ1) is 42.8. The minimum Gasteiger partial charge on any atom is -0.308 e. The lowest BCUT2D eigenvalue weighted by atomic mass is 10.0. The fraction of sp³-hybridized carbons (Fsp3) is 0.0667. The number of hydrogen-bond donors (Lipinski definition) is 0. The van der Waals surface area contributed by atoms with E-state index >= 15 is 0 Å². The molecule has 5 aromatic heterocycles. The van der Waals surface area contributed by atoms with Crippen molar-refractivity contribution in [3.05, 3.63) is 211 Å². The van der Waals surface area contributed by atoms with Gasteiger partial charge in [-0.15, -0.1) is 0 Å². The summed E-state index contributed by atoms with van der Waals surface area (Å²) in [5.41, 5.74) is 13.1. The molecule has 0 aliphatic carbocycles. The average molecular weight is 918 g/mol. The second-order valence-corrected chi connectivity index (χ2v) is 17.4. The summed E-state index contributed by atoms with van der Waals surface area (Å²) >= 11 is 0. The van der Waals surface area contributed by atoms with Gasteiger partial charge in [-0.1, -0.05) is 152 Å². The smallest absolute Gasteiger partial charge is 0.163 e. The van der Waals surface area contributed by atoms with Crippen LogP contribution in [0.15, 0.2) is 188 Å². The van der Waals surface area contributed by atoms with E-state index in [-0.39, 0.29) is 0 Å². The third kappa shape index (κ3) is 8.35. The van der Waals surface area contributed by atoms with E-state index < -0.39 is 0 Å². The first-order chi connectivity index (χ1) is 34.8. The standard InChI is InChI=1S/C60H43N11/c1-36-61-37(2)64-58(63-36)45-25-28-47-48-29-26-46(59-65-38(3)62-39(4)66-59)33-56(48)71(55(47)32-45)54-30-27-44(53-35-50(40-17-9-5-10-18-40)67-57(68-53)43-23-15-8-16-24-43)31-49(54)60-69-51(41-19-11-6-12-20-41)34-52(70-60)42-21-13-7-14-22-42/h5-35H,1-4H3. The lowest BCUT2D eigenvalue weighted by Gasteiger charge is -2.17. The molecule has 0 aliphatic rings. The van der Waals surface area contributed by atoms with Gasteiger partial charge in [0.1, 0.15) is 23.3 Å². The van der Waals surface area contributed by atoms with E-state index in [1.165, 1.54) is 0 Å². The maximum absolute atomic E-state index is 5.45. The molecule has 338 valence electrons. The number of aryl methyl sites for hydroxylation is 4. The summed E-state index contributed by atoms with van der Waals surface area (Å²) in [5, 5.41) is 2.08. The van der Waals surface area contributed by atoms with Crippen molar-refractivity contribution >= 4 is 21.8 Å². The predicted molar refractivity (Wildman–Crippen MR) is 281 cm³/mol. The molecule has 0 bridgehead atoms. The minimum absolute atomic E-state index is 0.539. The summed E-state index contributed by atoms with van der Waals surface area (Å²) in [7, 11) is 0. The van der Waals surface area contributed by atoms with E-state index in [9.17, 15) is 0 Å². The van der Waals surface area contributed by atoms with Crippen LogP contribution in [-0.2, 0) is 0 Å². The van der Waals surface area contributed by atoms with E-state index in [0.29, 0.717) is 46.6 Å². The summed E-state index contributed by atoms with van der Waals surface area (Å²) in [5.74, 6) is 4.96. The largest absolute Gasteiger partial charge is 0.308 e. The van der Waals surface area contributed by atoms with Crippen molar-refractivity contribution in [2.45, 2.75) is 27.7 Å². The molecular formula is C60H43N11. The maximum Gasteiger partial charge on any atom is 0.163 e. The fourth-order valence-corrected chi connectivity index (χ4v) is 9.26. The van der Waals surface area contributed by atoms with Gasteiger partial charge in [0.25, 0.3) is 0 Å². The predicted octanol–water partition coefficient (Wildman–Crippen LogP) is 13.3. The zero-order chi connectivity index (χ0) is 48.0. The first-order valence-electron chi connectivity index (χ1n) is 23.4. The average Bonchev–Trinajstić information content (AvgIpc) is 3.73. The van der Waals surface area contributed by atoms with E-state index in [2.05, 4.69) is 118 Å². The molecule has 7 aromatic carbocycles. The van der Waals surface area contributed by atoms with Gasteiger partial charge in [-0.05, 0) is 64.1 Å². The lowest BCUT2D eigenvalue weighted by molar-refractivity contribution is 0.928. The molecule has 0 radical (unpaired) electrons. The van der Waals surface area contributed by atoms with Gasteiger partial charge >= 0.3 is 0 Å². The Morgan fingerprint density at radius 3 is 1.04 bits per heavy atom. The van der Waals surface area contributed by atoms with E-state index in [1.807, 2.05) is 113 Å². The zero-order valence-corrected chi connectivity index (χ0v) is 39.3. The Hall–Kier alpha value is -9.48. The van der Waals surface area contributed by atoms with Crippen LogP contribution >= 0.6 is 0 Å². The molecule has 12 aromatic rings. The summed E-state index contributed by atoms with van der Waals surface area (Å²) in [6.45, 7) is 7.57. The number of hydrogen-bond acceptors (Lipinski definition) is 10. The second-order valence-electron chi connectivity index (χ2n) is 17.4. The molecule has 5 heterocycles. The van der Waals surface area contributed by atoms with E-state index in [1.54, 1.807) is 0 Å². The molecule has 0 amide bonds. The summed E-state index contributed by atoms with van der Waals surface area (Å²) < 4.78 is 2.30. The molecule has 71 heavy (non-hydrogen) atoms. The Morgan fingerprint density at radius 1 is 0.268 bits per heavy atom. The SMILES string of the molecule is Cc1nc(C)nc(-c2ccc3c4ccc(-c5nc(C)nc(C)n5)cc4n(-c4ccc(-c5cc(-c6ccccc6)nc(-c6ccccc6)n5)cc4-c4nc(-c5ccccc5)cc(-c5ccccc5)n4)c3c2)n1. The molecule has 0 saturated heterocycles. The van der Waals surface area contributed by atoms with Gasteiger partial charge in [-0.25, -0.2) is 49.8 Å². The summed E-state index contributed by atoms with van der Waals surface area (Å²) in [4.78, 5) is 49.5. The molecule has 11 heteroatoms. The van der Waals surface area contributed by atoms with Crippen LogP contribution in [0.2, 0.25) is 0 Å². The molecule has 12 rings (SSSR count). The van der Waals surface area contributed by atoms with Crippen molar-refractivity contribution in [1.82, 2.24) is 54.4 Å². The Labute approximate surface area is 409 Å². The number of rotatable bonds is 9. The van der Waals surface area contributed by atoms with Crippen molar-refractivity contribution < 1.29 is 0 Å². The van der Waals surface area contributed by atoms with Gasteiger partial charge in [0.05, 0.1) is 39.5 Å². The topological polar surface area (TPSA) is 134 Å². The van der Waals surface area contributed by atoms with Crippen LogP contribution in [0.1, 0.15) is 23.3 Å². The Balaban J connectivity index is 1.18. The molecule has 11 nitrogen and oxygen atoms in total. The highest BCUT2D eigenvalue weighted by atomic mass is 15.0. The maximum atomic E-state index is 5.45. The fourth-order valence-electron chi connectivity index (χ4n) is 9.26. The third-order valence-corrected chi connectivity index (χ3v) is 12.5. The Bertz CT molecular complexity index is 3710. The van der Waals surface area contributed by atoms with Crippen LogP contribution in [0.25, 0.3) is 118 Å². The van der Waals surface area contributed by atoms with Crippen LogP contribution in [-0.4, -0.2) is 54.4 Å². The van der Waals surface area contributed by atoms with Gasteiger partial charge in [-0.2, -0.15) is 0 Å². The lowest BCUT2D eigenvalue weighted by Crippen LogP contribution is -2.03. The molecule has 0 aliphatic heterocycles. The van der Waals surface area contributed by atoms with Crippen LogP contribution in [0.3, 0.4) is 0 Å². The molecule has 0 saturated carbocycles. The van der Waals surface area contributed by atoms with Gasteiger partial charge in [0.2, 0.25) is 0 Å². The van der Waals surface area contributed by atoms with Crippen molar-refractivity contribution in [2.24, 2.45) is 0 Å². The zero-order valence-electron chi connectivity index (χ0n) is 39.3. The molecular weight excluding hydrogens is 875 g/mol. The van der Waals surface area contributed by atoms with Gasteiger partial charge in [-0.3, -0.25) is 0 Å². The van der Waals surface area contributed by atoms with Crippen LogP contribution in [0, 0.1) is 27.7 Å². The highest BCUT2D eigenvalue weighted by Gasteiger charge is 2.23. The second kappa shape index (κ2) is 17.9.